The van der Waals surface area contributed by atoms with Crippen molar-refractivity contribution < 1.29 is 89.4 Å². The SMILES string of the molecule is CCCCCCCCCCCCCCCCCCCCCCCCCCCC/C=C/C(O)C(COC1OC(CO)C(OC2OC(CO)C(OC3OC(CO)C(O)C(O)C3O)C(O)C2O)C(O)C1O)NC(=O)CCCCCCCCCC. The molecule has 0 spiro atoms. The molecule has 3 fully saturated rings. The van der Waals surface area contributed by atoms with Gasteiger partial charge in [0.15, 0.2) is 18.9 Å². The average Bonchev–Trinajstić information content (AvgIpc) is 3.62. The maximum absolute atomic E-state index is 13.2. The fourth-order valence-corrected chi connectivity index (χ4v) is 11.3. The zero-order valence-corrected chi connectivity index (χ0v) is 50.0. The zero-order chi connectivity index (χ0) is 59.0. The molecule has 81 heavy (non-hydrogen) atoms. The predicted molar refractivity (Wildman–Crippen MR) is 310 cm³/mol. The maximum atomic E-state index is 13.2. The van der Waals surface area contributed by atoms with E-state index in [9.17, 15) is 61.0 Å². The molecule has 19 nitrogen and oxygen atoms in total. The van der Waals surface area contributed by atoms with Crippen LogP contribution in [0.3, 0.4) is 0 Å². The van der Waals surface area contributed by atoms with Gasteiger partial charge in [-0.1, -0.05) is 231 Å². The summed E-state index contributed by atoms with van der Waals surface area (Å²) >= 11 is 0. The Morgan fingerprint density at radius 1 is 0.432 bits per heavy atom. The molecule has 17 atom stereocenters. The van der Waals surface area contributed by atoms with Crippen LogP contribution in [0.2, 0.25) is 0 Å². The standard InChI is InChI=1S/C62H117NO18/c1-3-5-7-9-11-13-14-15-16-17-18-19-20-21-22-23-24-25-26-27-28-29-30-31-32-33-35-37-39-46(67)45(63-50(68)40-38-36-34-12-10-8-6-4-2)44-76-60-56(74)53(71)58(48(42-65)78-60)81-62-57(75)54(72)59(49(43-66)79-62)80-61-55(73)52(70)51(69)47(41-64)77-61/h37,39,45-49,51-62,64-67,69-75H,3-36,38,40-44H2,1-2H3,(H,63,68)/b39-37+. The van der Waals surface area contributed by atoms with Crippen LogP contribution in [-0.4, -0.2) is 193 Å². The van der Waals surface area contributed by atoms with E-state index in [1.807, 2.05) is 6.08 Å². The molecule has 0 bridgehead atoms. The Morgan fingerprint density at radius 3 is 1.16 bits per heavy atom. The molecule has 0 aromatic heterocycles. The van der Waals surface area contributed by atoms with Crippen LogP contribution >= 0.6 is 0 Å². The van der Waals surface area contributed by atoms with Gasteiger partial charge in [-0.25, -0.2) is 0 Å². The lowest BCUT2D eigenvalue weighted by Crippen LogP contribution is -2.66. The van der Waals surface area contributed by atoms with Gasteiger partial charge in [0, 0.05) is 6.42 Å². The minimum atomic E-state index is -1.97. The number of rotatable bonds is 49. The first kappa shape index (κ1) is 73.8. The number of aliphatic hydroxyl groups is 11. The first-order chi connectivity index (χ1) is 39.3. The van der Waals surface area contributed by atoms with Crippen molar-refractivity contribution in [3.05, 3.63) is 12.2 Å². The van der Waals surface area contributed by atoms with Crippen LogP contribution in [0.5, 0.6) is 0 Å². The third-order valence-corrected chi connectivity index (χ3v) is 16.6. The number of hydrogen-bond acceptors (Lipinski definition) is 18. The van der Waals surface area contributed by atoms with Crippen LogP contribution in [0.25, 0.3) is 0 Å². The highest BCUT2D eigenvalue weighted by atomic mass is 16.8. The van der Waals surface area contributed by atoms with Gasteiger partial charge < -0.3 is 89.9 Å². The van der Waals surface area contributed by atoms with Crippen molar-refractivity contribution in [1.82, 2.24) is 5.32 Å². The number of carbonyl (C=O) groups is 1. The predicted octanol–water partition coefficient (Wildman–Crippen LogP) is 6.94. The second-order valence-electron chi connectivity index (χ2n) is 23.6. The van der Waals surface area contributed by atoms with E-state index in [1.54, 1.807) is 6.08 Å². The first-order valence-corrected chi connectivity index (χ1v) is 32.4. The van der Waals surface area contributed by atoms with E-state index in [4.69, 9.17) is 28.4 Å². The first-order valence-electron chi connectivity index (χ1n) is 32.4. The van der Waals surface area contributed by atoms with Gasteiger partial charge in [-0.15, -0.1) is 0 Å². The summed E-state index contributed by atoms with van der Waals surface area (Å²) in [5.41, 5.74) is 0. The maximum Gasteiger partial charge on any atom is 0.220 e. The monoisotopic (exact) mass is 1160 g/mol. The minimum absolute atomic E-state index is 0.246. The lowest BCUT2D eigenvalue weighted by Gasteiger charge is -2.48. The molecule has 12 N–H and O–H groups in total. The lowest BCUT2D eigenvalue weighted by atomic mass is 9.96. The number of carbonyl (C=O) groups excluding carboxylic acids is 1. The highest BCUT2D eigenvalue weighted by Gasteiger charge is 2.53. The van der Waals surface area contributed by atoms with Crippen molar-refractivity contribution in [3.8, 4) is 0 Å². The normalized spacial score (nSPS) is 29.8. The Labute approximate surface area is 486 Å². The summed E-state index contributed by atoms with van der Waals surface area (Å²) in [6, 6.07) is -0.966. The lowest BCUT2D eigenvalue weighted by molar-refractivity contribution is -0.379. The Hall–Kier alpha value is -1.47. The van der Waals surface area contributed by atoms with Gasteiger partial charge in [-0.05, 0) is 19.3 Å². The molecule has 0 saturated carbocycles. The highest BCUT2D eigenvalue weighted by molar-refractivity contribution is 5.76. The Balaban J connectivity index is 1.39. The summed E-state index contributed by atoms with van der Waals surface area (Å²) in [6.07, 6.45) is 21.0. The van der Waals surface area contributed by atoms with Crippen molar-refractivity contribution in [2.75, 3.05) is 26.4 Å². The van der Waals surface area contributed by atoms with Crippen LogP contribution in [0.1, 0.15) is 245 Å². The van der Waals surface area contributed by atoms with Gasteiger partial charge >= 0.3 is 0 Å². The molecular weight excluding hydrogens is 1050 g/mol. The quantitative estimate of drug-likeness (QED) is 0.0217. The van der Waals surface area contributed by atoms with Crippen molar-refractivity contribution in [1.29, 1.82) is 0 Å². The number of allylic oxidation sites excluding steroid dienone is 1. The van der Waals surface area contributed by atoms with E-state index in [0.29, 0.717) is 6.42 Å². The largest absolute Gasteiger partial charge is 0.394 e. The van der Waals surface area contributed by atoms with Gasteiger partial charge in [0.2, 0.25) is 5.91 Å². The smallest absolute Gasteiger partial charge is 0.220 e. The van der Waals surface area contributed by atoms with Gasteiger partial charge in [-0.2, -0.15) is 0 Å². The number of amides is 1. The van der Waals surface area contributed by atoms with Crippen LogP contribution in [0.4, 0.5) is 0 Å². The molecule has 3 saturated heterocycles. The van der Waals surface area contributed by atoms with Gasteiger partial charge in [0.1, 0.15) is 73.2 Å². The second kappa shape index (κ2) is 45.8. The van der Waals surface area contributed by atoms with Gasteiger partial charge in [-0.3, -0.25) is 4.79 Å². The highest BCUT2D eigenvalue weighted by Crippen LogP contribution is 2.33. The molecule has 17 unspecified atom stereocenters. The Kier molecular flexibility index (Phi) is 41.7. The van der Waals surface area contributed by atoms with E-state index >= 15 is 0 Å². The summed E-state index contributed by atoms with van der Waals surface area (Å²) in [6.45, 7) is 1.70. The summed E-state index contributed by atoms with van der Waals surface area (Å²) in [4.78, 5) is 13.2. The molecule has 3 aliphatic rings. The van der Waals surface area contributed by atoms with E-state index < -0.39 is 124 Å². The summed E-state index contributed by atoms with van der Waals surface area (Å²) < 4.78 is 34.2. The van der Waals surface area contributed by atoms with Crippen LogP contribution in [0, 0.1) is 0 Å². The topological polar surface area (TPSA) is 307 Å². The molecule has 3 heterocycles. The minimum Gasteiger partial charge on any atom is -0.394 e. The van der Waals surface area contributed by atoms with E-state index in [-0.39, 0.29) is 18.9 Å². The van der Waals surface area contributed by atoms with E-state index in [0.717, 1.165) is 44.9 Å². The van der Waals surface area contributed by atoms with Crippen LogP contribution in [-0.2, 0) is 33.2 Å². The summed E-state index contributed by atoms with van der Waals surface area (Å²) in [5.74, 6) is -0.278. The van der Waals surface area contributed by atoms with E-state index in [1.165, 1.54) is 173 Å². The Morgan fingerprint density at radius 2 is 0.765 bits per heavy atom. The third-order valence-electron chi connectivity index (χ3n) is 16.6. The fraction of sp³-hybridized carbons (Fsp3) is 0.952. The fourth-order valence-electron chi connectivity index (χ4n) is 11.3. The second-order valence-corrected chi connectivity index (χ2v) is 23.6. The molecule has 3 aliphatic heterocycles. The van der Waals surface area contributed by atoms with Gasteiger partial charge in [0.25, 0.3) is 0 Å². The number of hydrogen-bond donors (Lipinski definition) is 12. The zero-order valence-electron chi connectivity index (χ0n) is 50.0. The van der Waals surface area contributed by atoms with Crippen molar-refractivity contribution >= 4 is 5.91 Å². The Bertz CT molecular complexity index is 1530. The average molecular weight is 1160 g/mol. The molecule has 0 aliphatic carbocycles. The summed E-state index contributed by atoms with van der Waals surface area (Å²) in [7, 11) is 0. The third kappa shape index (κ3) is 29.2. The molecule has 3 rings (SSSR count). The van der Waals surface area contributed by atoms with Crippen LogP contribution in [0.15, 0.2) is 12.2 Å². The molecule has 0 aromatic rings. The molecule has 1 amide bonds. The summed E-state index contributed by atoms with van der Waals surface area (Å²) in [5, 5.41) is 120. The molecule has 19 heteroatoms. The number of ether oxygens (including phenoxy) is 6. The van der Waals surface area contributed by atoms with Crippen LogP contribution < -0.4 is 5.32 Å². The van der Waals surface area contributed by atoms with Crippen molar-refractivity contribution in [2.45, 2.75) is 349 Å². The van der Waals surface area contributed by atoms with Crippen molar-refractivity contribution in [3.63, 3.8) is 0 Å². The van der Waals surface area contributed by atoms with Gasteiger partial charge in [0.05, 0.1) is 38.6 Å². The number of nitrogens with one attached hydrogen (secondary N) is 1. The molecule has 0 aromatic carbocycles. The number of unbranched alkanes of at least 4 members (excludes halogenated alkanes) is 33. The molecule has 478 valence electrons. The number of aliphatic hydroxyl groups excluding tert-OH is 11. The molecule has 0 radical (unpaired) electrons. The van der Waals surface area contributed by atoms with E-state index in [2.05, 4.69) is 19.2 Å². The molecular formula is C62H117NO18. The van der Waals surface area contributed by atoms with Crippen molar-refractivity contribution in [2.24, 2.45) is 0 Å².